The summed E-state index contributed by atoms with van der Waals surface area (Å²) in [5.41, 5.74) is -2.94. The molecule has 162 valence electrons. The Morgan fingerprint density at radius 3 is 2.79 bits per heavy atom. The van der Waals surface area contributed by atoms with Gasteiger partial charge >= 0.3 is 19.8 Å². The third kappa shape index (κ3) is 5.36. The van der Waals surface area contributed by atoms with E-state index in [9.17, 15) is 28.4 Å². The monoisotopic (exact) mass is 500 g/mol. The van der Waals surface area contributed by atoms with Gasteiger partial charge in [0.25, 0.3) is 5.56 Å². The zero-order valence-electron chi connectivity index (χ0n) is 15.8. The molecule has 0 amide bonds. The molecule has 1 aliphatic heterocycles. The van der Waals surface area contributed by atoms with Gasteiger partial charge in [-0.05, 0) is 41.3 Å². The number of ether oxygens (including phenoxy) is 2. The highest BCUT2D eigenvalue weighted by Gasteiger charge is 2.58. The molecule has 2 heterocycles. The highest BCUT2D eigenvalue weighted by Crippen LogP contribution is 2.46. The van der Waals surface area contributed by atoms with E-state index in [1.54, 1.807) is 6.92 Å². The Labute approximate surface area is 173 Å². The minimum atomic E-state index is -2.60. The number of aromatic amines is 1. The maximum absolute atomic E-state index is 15.0. The Bertz CT molecular complexity index is 889. The first kappa shape index (κ1) is 23.8. The van der Waals surface area contributed by atoms with Crippen molar-refractivity contribution >= 4 is 30.1 Å². The van der Waals surface area contributed by atoms with E-state index in [1.807, 2.05) is 4.98 Å². The molecule has 1 aromatic rings. The van der Waals surface area contributed by atoms with Crippen LogP contribution in [0.5, 0.6) is 0 Å². The summed E-state index contributed by atoms with van der Waals surface area (Å²) >= 11 is 2.70. The van der Waals surface area contributed by atoms with Crippen LogP contribution in [0.15, 0.2) is 21.9 Å². The summed E-state index contributed by atoms with van der Waals surface area (Å²) in [6, 6.07) is 0.988. The van der Waals surface area contributed by atoms with Gasteiger partial charge in [0.1, 0.15) is 18.8 Å². The van der Waals surface area contributed by atoms with Crippen LogP contribution in [0.1, 0.15) is 27.0 Å². The molecule has 0 aliphatic carbocycles. The summed E-state index contributed by atoms with van der Waals surface area (Å²) in [5.74, 6) is -0.648. The number of halogens is 2. The number of nitrogens with zero attached hydrogens (tertiary/aromatic N) is 1. The normalized spacial score (nSPS) is 27.7. The fraction of sp³-hybridized carbons (Fsp3) is 0.667. The molecule has 11 nitrogen and oxygen atoms in total. The second-order valence-electron chi connectivity index (χ2n) is 6.67. The first-order valence-corrected chi connectivity index (χ1v) is 10.4. The molecule has 3 N–H and O–H groups in total. The van der Waals surface area contributed by atoms with Crippen molar-refractivity contribution < 1.29 is 32.9 Å². The molecule has 1 saturated heterocycles. The summed E-state index contributed by atoms with van der Waals surface area (Å²) in [5, 5.41) is 12.6. The average molecular weight is 501 g/mol. The zero-order valence-corrected chi connectivity index (χ0v) is 18.2. The van der Waals surface area contributed by atoms with Crippen LogP contribution in [-0.4, -0.2) is 56.2 Å². The van der Waals surface area contributed by atoms with Crippen molar-refractivity contribution in [2.24, 2.45) is 0 Å². The molecule has 5 atom stereocenters. The molecular weight excluding hydrogens is 480 g/mol. The summed E-state index contributed by atoms with van der Waals surface area (Å²) in [7, 11) is -2.60. The first-order chi connectivity index (χ1) is 13.4. The van der Waals surface area contributed by atoms with Crippen molar-refractivity contribution in [1.29, 1.82) is 0 Å². The molecule has 0 saturated carbocycles. The molecule has 1 unspecified atom stereocenters. The Balaban J connectivity index is 2.05. The van der Waals surface area contributed by atoms with Gasteiger partial charge in [0.05, 0.1) is 6.61 Å². The SMILES string of the molecule is CCOC(=O)C(C)(C)N[P+](=O)OC[C@H]1O[C@@H](n2ccc(=O)[nH]c2=O)[C@@](F)(Br)[C@@H]1O. The topological polar surface area (TPSA) is 149 Å². The second-order valence-corrected chi connectivity index (χ2v) is 8.89. The van der Waals surface area contributed by atoms with Crippen LogP contribution < -0.4 is 16.3 Å². The van der Waals surface area contributed by atoms with Crippen LogP contribution in [-0.2, 0) is 23.4 Å². The number of carbonyl (C=O) groups excluding carboxylic acids is 1. The number of aliphatic hydroxyl groups is 1. The lowest BCUT2D eigenvalue weighted by atomic mass is 10.1. The van der Waals surface area contributed by atoms with Gasteiger partial charge < -0.3 is 14.6 Å². The van der Waals surface area contributed by atoms with Crippen molar-refractivity contribution in [2.75, 3.05) is 13.2 Å². The number of hydrogen-bond acceptors (Lipinski definition) is 8. The number of aromatic nitrogens is 2. The van der Waals surface area contributed by atoms with E-state index in [2.05, 4.69) is 21.0 Å². The zero-order chi connectivity index (χ0) is 22.0. The smallest absolute Gasteiger partial charge is 0.465 e. The van der Waals surface area contributed by atoms with Crippen LogP contribution in [0.25, 0.3) is 0 Å². The molecule has 2 rings (SSSR count). The first-order valence-electron chi connectivity index (χ1n) is 8.48. The van der Waals surface area contributed by atoms with E-state index < -0.39 is 60.6 Å². The van der Waals surface area contributed by atoms with Crippen molar-refractivity contribution in [2.45, 2.75) is 49.3 Å². The number of rotatable bonds is 8. The lowest BCUT2D eigenvalue weighted by Gasteiger charge is -2.22. The van der Waals surface area contributed by atoms with Gasteiger partial charge in [-0.15, -0.1) is 4.52 Å². The van der Waals surface area contributed by atoms with Crippen LogP contribution in [0.3, 0.4) is 0 Å². The summed E-state index contributed by atoms with van der Waals surface area (Å²) in [6.45, 7) is 4.11. The molecule has 1 aliphatic rings. The van der Waals surface area contributed by atoms with Gasteiger partial charge in [-0.1, -0.05) is 5.09 Å². The number of aliphatic hydroxyl groups excluding tert-OH is 1. The van der Waals surface area contributed by atoms with Crippen LogP contribution >= 0.6 is 24.1 Å². The molecule has 1 aromatic heterocycles. The number of esters is 1. The van der Waals surface area contributed by atoms with Gasteiger partial charge in [0.2, 0.25) is 4.58 Å². The summed E-state index contributed by atoms with van der Waals surface area (Å²) in [4.78, 5) is 36.8. The summed E-state index contributed by atoms with van der Waals surface area (Å²) in [6.07, 6.45) is -3.72. The Kier molecular flexibility index (Phi) is 7.47. The molecule has 29 heavy (non-hydrogen) atoms. The van der Waals surface area contributed by atoms with E-state index in [-0.39, 0.29) is 6.61 Å². The second kappa shape index (κ2) is 9.11. The highest BCUT2D eigenvalue weighted by atomic mass is 79.9. The minimum Gasteiger partial charge on any atom is -0.465 e. The van der Waals surface area contributed by atoms with Gasteiger partial charge in [-0.3, -0.25) is 14.3 Å². The van der Waals surface area contributed by atoms with Gasteiger partial charge in [0.15, 0.2) is 11.8 Å². The number of carbonyl (C=O) groups is 1. The number of alkyl halides is 2. The third-order valence-corrected chi connectivity index (χ3v) is 5.98. The average Bonchev–Trinajstić information content (AvgIpc) is 2.83. The molecule has 14 heteroatoms. The lowest BCUT2D eigenvalue weighted by Crippen LogP contribution is -2.44. The fourth-order valence-electron chi connectivity index (χ4n) is 2.48. The van der Waals surface area contributed by atoms with E-state index in [0.29, 0.717) is 0 Å². The molecule has 0 bridgehead atoms. The van der Waals surface area contributed by atoms with Gasteiger partial charge in [0, 0.05) is 12.3 Å². The maximum atomic E-state index is 15.0. The van der Waals surface area contributed by atoms with E-state index in [0.717, 1.165) is 16.8 Å². The van der Waals surface area contributed by atoms with Crippen molar-refractivity contribution in [3.8, 4) is 0 Å². The molecule has 0 radical (unpaired) electrons. The fourth-order valence-corrected chi connectivity index (χ4v) is 3.99. The lowest BCUT2D eigenvalue weighted by molar-refractivity contribution is -0.149. The Morgan fingerprint density at radius 2 is 2.21 bits per heavy atom. The van der Waals surface area contributed by atoms with Crippen LogP contribution in [0, 0.1) is 0 Å². The van der Waals surface area contributed by atoms with Crippen molar-refractivity contribution in [1.82, 2.24) is 14.6 Å². The quantitative estimate of drug-likeness (QED) is 0.263. The van der Waals surface area contributed by atoms with Crippen LogP contribution in [0.4, 0.5) is 4.39 Å². The molecule has 0 spiro atoms. The van der Waals surface area contributed by atoms with Crippen molar-refractivity contribution in [3.05, 3.63) is 33.1 Å². The molecular formula is C15H21BrFN3O8P+. The largest absolute Gasteiger partial charge is 0.614 e. The third-order valence-electron chi connectivity index (χ3n) is 4.00. The number of hydrogen-bond donors (Lipinski definition) is 3. The predicted octanol–water partition coefficient (Wildman–Crippen LogP) is 0.461. The van der Waals surface area contributed by atoms with E-state index in [4.69, 9.17) is 14.0 Å². The van der Waals surface area contributed by atoms with Gasteiger partial charge in [-0.25, -0.2) is 14.0 Å². The summed E-state index contributed by atoms with van der Waals surface area (Å²) < 4.78 is 40.5. The number of nitrogens with one attached hydrogen (secondary N) is 2. The Morgan fingerprint density at radius 1 is 1.55 bits per heavy atom. The van der Waals surface area contributed by atoms with E-state index in [1.165, 1.54) is 13.8 Å². The Hall–Kier alpha value is -1.50. The van der Waals surface area contributed by atoms with E-state index >= 15 is 0 Å². The molecule has 1 fully saturated rings. The molecule has 0 aromatic carbocycles. The minimum absolute atomic E-state index is 0.138. The maximum Gasteiger partial charge on any atom is 0.614 e. The van der Waals surface area contributed by atoms with Crippen LogP contribution in [0.2, 0.25) is 0 Å². The van der Waals surface area contributed by atoms with Crippen molar-refractivity contribution in [3.63, 3.8) is 0 Å². The standard InChI is InChI=1S/C15H20BrFN3O8P/c1-4-26-12(23)14(2,3)19-29(25)27-7-8-10(22)15(16,17)11(28-8)20-6-5-9(21)18-13(20)24/h5-6,8,10-11,22H,4,7H2,1-3H3,(H-,18,19,21,24,25)/p+1/t8-,10-,11-,15-/m1/s1. The highest BCUT2D eigenvalue weighted by molar-refractivity contribution is 9.10. The number of H-pyrrole nitrogens is 1. The van der Waals surface area contributed by atoms with Gasteiger partial charge in [-0.2, -0.15) is 0 Å². The predicted molar refractivity (Wildman–Crippen MR) is 101 cm³/mol.